The molecular weight excluding hydrogens is 348 g/mol. The summed E-state index contributed by atoms with van der Waals surface area (Å²) in [5.41, 5.74) is 0.964. The van der Waals surface area contributed by atoms with Gasteiger partial charge in [0.1, 0.15) is 0 Å². The number of nitrogens with one attached hydrogen (secondary N) is 1. The number of hydrogen-bond donors (Lipinski definition) is 1. The summed E-state index contributed by atoms with van der Waals surface area (Å²) in [5, 5.41) is 13.4. The van der Waals surface area contributed by atoms with Gasteiger partial charge in [-0.2, -0.15) is 0 Å². The number of nitro groups is 1. The largest absolute Gasteiger partial charge is 0.452 e. The number of nitro benzene ring substituents is 1. The smallest absolute Gasteiger partial charge is 0.331 e. The van der Waals surface area contributed by atoms with Crippen LogP contribution in [0.2, 0.25) is 5.02 Å². The predicted molar refractivity (Wildman–Crippen MR) is 93.2 cm³/mol. The fourth-order valence-corrected chi connectivity index (χ4v) is 1.99. The van der Waals surface area contributed by atoms with E-state index in [2.05, 4.69) is 5.32 Å². The lowest BCUT2D eigenvalue weighted by Gasteiger charge is -2.06. The molecule has 8 heteroatoms. The lowest BCUT2D eigenvalue weighted by Crippen LogP contribution is -2.20. The molecule has 128 valence electrons. The number of rotatable bonds is 6. The lowest BCUT2D eigenvalue weighted by molar-refractivity contribution is -0.384. The molecule has 0 aromatic heterocycles. The SMILES string of the molecule is O=C(COC(=O)/C=C/c1ccc([N+](=O)[O-])cc1)Nc1ccccc1Cl. The Kier molecular flexibility index (Phi) is 6.25. The third kappa shape index (κ3) is 5.74. The lowest BCUT2D eigenvalue weighted by atomic mass is 10.2. The van der Waals surface area contributed by atoms with E-state index in [-0.39, 0.29) is 5.69 Å². The van der Waals surface area contributed by atoms with Gasteiger partial charge >= 0.3 is 5.97 Å². The summed E-state index contributed by atoms with van der Waals surface area (Å²) in [6, 6.07) is 12.3. The van der Waals surface area contributed by atoms with Crippen molar-refractivity contribution in [2.24, 2.45) is 0 Å². The molecule has 0 aliphatic rings. The topological polar surface area (TPSA) is 98.5 Å². The van der Waals surface area contributed by atoms with Crippen molar-refractivity contribution in [2.75, 3.05) is 11.9 Å². The van der Waals surface area contributed by atoms with Crippen LogP contribution >= 0.6 is 11.6 Å². The van der Waals surface area contributed by atoms with Gasteiger partial charge in [0, 0.05) is 18.2 Å². The van der Waals surface area contributed by atoms with E-state index in [9.17, 15) is 19.7 Å². The third-order valence-corrected chi connectivity index (χ3v) is 3.34. The number of amides is 1. The first-order valence-electron chi connectivity index (χ1n) is 7.09. The van der Waals surface area contributed by atoms with Crippen molar-refractivity contribution in [3.63, 3.8) is 0 Å². The third-order valence-electron chi connectivity index (χ3n) is 3.01. The Morgan fingerprint density at radius 3 is 2.48 bits per heavy atom. The Morgan fingerprint density at radius 1 is 1.16 bits per heavy atom. The molecule has 1 N–H and O–H groups in total. The van der Waals surface area contributed by atoms with Crippen molar-refractivity contribution in [3.8, 4) is 0 Å². The average Bonchev–Trinajstić information content (AvgIpc) is 2.60. The van der Waals surface area contributed by atoms with Crippen LogP contribution in [-0.4, -0.2) is 23.4 Å². The quantitative estimate of drug-likeness (QED) is 0.368. The minimum Gasteiger partial charge on any atom is -0.452 e. The molecule has 0 aliphatic heterocycles. The molecule has 2 aromatic carbocycles. The minimum atomic E-state index is -0.715. The molecule has 0 radical (unpaired) electrons. The van der Waals surface area contributed by atoms with E-state index in [1.807, 2.05) is 0 Å². The number of esters is 1. The van der Waals surface area contributed by atoms with Crippen LogP contribution < -0.4 is 5.32 Å². The van der Waals surface area contributed by atoms with Gasteiger partial charge in [-0.3, -0.25) is 14.9 Å². The number of carbonyl (C=O) groups is 2. The molecule has 0 fully saturated rings. The highest BCUT2D eigenvalue weighted by atomic mass is 35.5. The molecule has 0 spiro atoms. The molecular formula is C17H13ClN2O5. The Labute approximate surface area is 148 Å². The van der Waals surface area contributed by atoms with E-state index in [1.54, 1.807) is 24.3 Å². The van der Waals surface area contributed by atoms with E-state index < -0.39 is 23.4 Å². The number of hydrogen-bond acceptors (Lipinski definition) is 5. The van der Waals surface area contributed by atoms with Crippen LogP contribution in [0.3, 0.4) is 0 Å². The van der Waals surface area contributed by atoms with Crippen molar-refractivity contribution in [1.29, 1.82) is 0 Å². The van der Waals surface area contributed by atoms with Crippen molar-refractivity contribution in [1.82, 2.24) is 0 Å². The second kappa shape index (κ2) is 8.60. The highest BCUT2D eigenvalue weighted by Gasteiger charge is 2.08. The van der Waals surface area contributed by atoms with Crippen LogP contribution in [-0.2, 0) is 14.3 Å². The molecule has 7 nitrogen and oxygen atoms in total. The second-order valence-corrected chi connectivity index (χ2v) is 5.22. The molecule has 25 heavy (non-hydrogen) atoms. The predicted octanol–water partition coefficient (Wildman–Crippen LogP) is 3.44. The number of carbonyl (C=O) groups excluding carboxylic acids is 2. The van der Waals surface area contributed by atoms with Gasteiger partial charge in [-0.15, -0.1) is 0 Å². The maximum Gasteiger partial charge on any atom is 0.331 e. The fraction of sp³-hybridized carbons (Fsp3) is 0.0588. The number of para-hydroxylation sites is 1. The van der Waals surface area contributed by atoms with E-state index in [0.717, 1.165) is 6.08 Å². The summed E-state index contributed by atoms with van der Waals surface area (Å²) < 4.78 is 4.81. The van der Waals surface area contributed by atoms with Gasteiger partial charge in [-0.1, -0.05) is 23.7 Å². The van der Waals surface area contributed by atoms with Crippen molar-refractivity contribution < 1.29 is 19.2 Å². The van der Waals surface area contributed by atoms with Crippen molar-refractivity contribution in [2.45, 2.75) is 0 Å². The number of anilines is 1. The molecule has 0 unspecified atom stereocenters. The summed E-state index contributed by atoms with van der Waals surface area (Å²) in [6.07, 6.45) is 2.56. The Balaban J connectivity index is 1.82. The minimum absolute atomic E-state index is 0.0454. The zero-order valence-corrected chi connectivity index (χ0v) is 13.6. The van der Waals surface area contributed by atoms with Crippen LogP contribution in [0.5, 0.6) is 0 Å². The number of benzene rings is 2. The van der Waals surface area contributed by atoms with Gasteiger partial charge < -0.3 is 10.1 Å². The Bertz CT molecular complexity index is 818. The van der Waals surface area contributed by atoms with E-state index >= 15 is 0 Å². The first kappa shape index (κ1) is 18.2. The highest BCUT2D eigenvalue weighted by Crippen LogP contribution is 2.20. The fourth-order valence-electron chi connectivity index (χ4n) is 1.81. The van der Waals surface area contributed by atoms with Crippen LogP contribution in [0.4, 0.5) is 11.4 Å². The zero-order valence-electron chi connectivity index (χ0n) is 12.8. The standard InChI is InChI=1S/C17H13ClN2O5/c18-14-3-1-2-4-15(14)19-16(21)11-25-17(22)10-7-12-5-8-13(9-6-12)20(23)24/h1-10H,11H2,(H,19,21)/b10-7+. The maximum absolute atomic E-state index is 11.7. The Morgan fingerprint density at radius 2 is 1.84 bits per heavy atom. The molecule has 0 saturated carbocycles. The summed E-state index contributed by atoms with van der Waals surface area (Å²) >= 11 is 5.90. The van der Waals surface area contributed by atoms with Crippen LogP contribution in [0.1, 0.15) is 5.56 Å². The maximum atomic E-state index is 11.7. The average molecular weight is 361 g/mol. The molecule has 2 rings (SSSR count). The van der Waals surface area contributed by atoms with Gasteiger partial charge in [0.2, 0.25) is 0 Å². The molecule has 0 heterocycles. The monoisotopic (exact) mass is 360 g/mol. The van der Waals surface area contributed by atoms with E-state index in [1.165, 1.54) is 30.3 Å². The van der Waals surface area contributed by atoms with E-state index in [4.69, 9.17) is 16.3 Å². The molecule has 0 aliphatic carbocycles. The van der Waals surface area contributed by atoms with Gasteiger partial charge in [0.05, 0.1) is 15.6 Å². The van der Waals surface area contributed by atoms with Gasteiger partial charge in [0.15, 0.2) is 6.61 Å². The van der Waals surface area contributed by atoms with Gasteiger partial charge in [-0.05, 0) is 35.9 Å². The first-order chi connectivity index (χ1) is 12.0. The van der Waals surface area contributed by atoms with Gasteiger partial charge in [0.25, 0.3) is 11.6 Å². The first-order valence-corrected chi connectivity index (χ1v) is 7.47. The van der Waals surface area contributed by atoms with Crippen LogP contribution in [0.15, 0.2) is 54.6 Å². The van der Waals surface area contributed by atoms with Crippen LogP contribution in [0, 0.1) is 10.1 Å². The van der Waals surface area contributed by atoms with Gasteiger partial charge in [-0.25, -0.2) is 4.79 Å². The highest BCUT2D eigenvalue weighted by molar-refractivity contribution is 6.33. The molecule has 2 aromatic rings. The normalized spacial score (nSPS) is 10.4. The Hall–Kier alpha value is -3.19. The molecule has 0 saturated heterocycles. The summed E-state index contributed by atoms with van der Waals surface area (Å²) in [6.45, 7) is -0.464. The molecule has 1 amide bonds. The number of ether oxygens (including phenoxy) is 1. The second-order valence-electron chi connectivity index (χ2n) is 4.82. The number of nitrogens with zero attached hydrogens (tertiary/aromatic N) is 1. The molecule has 0 atom stereocenters. The molecule has 0 bridgehead atoms. The van der Waals surface area contributed by atoms with Crippen molar-refractivity contribution in [3.05, 3.63) is 75.3 Å². The summed E-state index contributed by atoms with van der Waals surface area (Å²) in [7, 11) is 0. The number of non-ortho nitro benzene ring substituents is 1. The zero-order chi connectivity index (χ0) is 18.2. The van der Waals surface area contributed by atoms with Crippen LogP contribution in [0.25, 0.3) is 6.08 Å². The van der Waals surface area contributed by atoms with E-state index in [0.29, 0.717) is 16.3 Å². The summed E-state index contributed by atoms with van der Waals surface area (Å²) in [5.74, 6) is -1.24. The number of halogens is 1. The van der Waals surface area contributed by atoms with Crippen molar-refractivity contribution >= 4 is 40.9 Å². The summed E-state index contributed by atoms with van der Waals surface area (Å²) in [4.78, 5) is 33.3.